The number of carbonyl (C=O) groups excluding carboxylic acids is 1. The van der Waals surface area contributed by atoms with Crippen LogP contribution in [-0.4, -0.2) is 5.78 Å². The minimum Gasteiger partial charge on any atom is -0.298 e. The lowest BCUT2D eigenvalue weighted by atomic mass is 9.77. The van der Waals surface area contributed by atoms with Crippen LogP contribution in [0.15, 0.2) is 60.7 Å². The normalized spacial score (nSPS) is 19.5. The fourth-order valence-corrected chi connectivity index (χ4v) is 3.85. The quantitative estimate of drug-likeness (QED) is 0.740. The number of benzene rings is 2. The third kappa shape index (κ3) is 2.04. The van der Waals surface area contributed by atoms with E-state index in [1.165, 1.54) is 0 Å². The maximum Gasteiger partial charge on any atom is 0.152 e. The third-order valence-electron chi connectivity index (χ3n) is 4.76. The summed E-state index contributed by atoms with van der Waals surface area (Å²) < 4.78 is 0. The topological polar surface area (TPSA) is 17.1 Å². The molecule has 2 aromatic carbocycles. The summed E-state index contributed by atoms with van der Waals surface area (Å²) in [5, 5.41) is 0. The lowest BCUT2D eigenvalue weighted by molar-refractivity contribution is -0.129. The molecule has 0 amide bonds. The first kappa shape index (κ1) is 14.8. The fourth-order valence-electron chi connectivity index (χ4n) is 3.85. The van der Waals surface area contributed by atoms with Gasteiger partial charge in [0.05, 0.1) is 10.8 Å². The summed E-state index contributed by atoms with van der Waals surface area (Å²) in [6, 6.07) is 20.6. The van der Waals surface area contributed by atoms with E-state index < -0.39 is 10.8 Å². The van der Waals surface area contributed by atoms with Gasteiger partial charge in [-0.3, -0.25) is 4.79 Å². The molecule has 22 heavy (non-hydrogen) atoms. The Labute approximate surface area is 132 Å². The van der Waals surface area contributed by atoms with Crippen LogP contribution >= 0.6 is 0 Å². The molecular weight excluding hydrogens is 268 g/mol. The van der Waals surface area contributed by atoms with Crippen molar-refractivity contribution in [3.8, 4) is 0 Å². The maximum atomic E-state index is 13.1. The average molecular weight is 290 g/mol. The molecule has 1 heteroatoms. The van der Waals surface area contributed by atoms with E-state index in [0.717, 1.165) is 22.3 Å². The Morgan fingerprint density at radius 1 is 0.591 bits per heavy atom. The molecular formula is C21H22O. The second-order valence-electron chi connectivity index (χ2n) is 7.06. The highest BCUT2D eigenvalue weighted by Crippen LogP contribution is 2.57. The highest BCUT2D eigenvalue weighted by molar-refractivity contribution is 6.20. The van der Waals surface area contributed by atoms with E-state index in [1.54, 1.807) is 0 Å². The largest absolute Gasteiger partial charge is 0.298 e. The molecule has 0 N–H and O–H groups in total. The predicted octanol–water partition coefficient (Wildman–Crippen LogP) is 5.23. The summed E-state index contributed by atoms with van der Waals surface area (Å²) >= 11 is 0. The van der Waals surface area contributed by atoms with Crippen LogP contribution in [0.25, 0.3) is 11.1 Å². The first-order valence-electron chi connectivity index (χ1n) is 7.78. The van der Waals surface area contributed by atoms with E-state index in [9.17, 15) is 4.79 Å². The Bertz CT molecular complexity index is 670. The van der Waals surface area contributed by atoms with Gasteiger partial charge in [0.25, 0.3) is 0 Å². The van der Waals surface area contributed by atoms with Crippen molar-refractivity contribution in [3.63, 3.8) is 0 Å². The second kappa shape index (κ2) is 4.95. The first-order chi connectivity index (χ1) is 10.4. The fraction of sp³-hybridized carbons (Fsp3) is 0.286. The van der Waals surface area contributed by atoms with Gasteiger partial charge in [0.1, 0.15) is 0 Å². The van der Waals surface area contributed by atoms with Crippen LogP contribution in [0, 0.1) is 10.8 Å². The van der Waals surface area contributed by atoms with Gasteiger partial charge in [0.2, 0.25) is 0 Å². The highest BCUT2D eigenvalue weighted by atomic mass is 16.1. The van der Waals surface area contributed by atoms with E-state index in [1.807, 2.05) is 36.4 Å². The van der Waals surface area contributed by atoms with E-state index in [4.69, 9.17) is 0 Å². The Hall–Kier alpha value is -2.15. The summed E-state index contributed by atoms with van der Waals surface area (Å²) in [5.74, 6) is 0.290. The van der Waals surface area contributed by atoms with Gasteiger partial charge in [-0.15, -0.1) is 0 Å². The van der Waals surface area contributed by atoms with Crippen molar-refractivity contribution in [1.82, 2.24) is 0 Å². The Balaban J connectivity index is 2.37. The molecule has 1 aliphatic carbocycles. The van der Waals surface area contributed by atoms with E-state index in [0.29, 0.717) is 0 Å². The van der Waals surface area contributed by atoms with Crippen LogP contribution in [0.3, 0.4) is 0 Å². The molecule has 0 saturated heterocycles. The highest BCUT2D eigenvalue weighted by Gasteiger charge is 2.52. The van der Waals surface area contributed by atoms with Gasteiger partial charge in [-0.25, -0.2) is 0 Å². The Morgan fingerprint density at radius 2 is 0.909 bits per heavy atom. The molecule has 0 unspecified atom stereocenters. The zero-order valence-corrected chi connectivity index (χ0v) is 13.7. The number of hydrogen-bond donors (Lipinski definition) is 0. The Kier molecular flexibility index (Phi) is 3.32. The molecule has 0 fully saturated rings. The summed E-state index contributed by atoms with van der Waals surface area (Å²) in [6.07, 6.45) is 0. The summed E-state index contributed by atoms with van der Waals surface area (Å²) in [5.41, 5.74) is 3.66. The Morgan fingerprint density at radius 3 is 1.23 bits per heavy atom. The van der Waals surface area contributed by atoms with Gasteiger partial charge < -0.3 is 0 Å². The SMILES string of the molecule is CC1(C)C(=O)C(C)(C)C(c2ccccc2)=C1c1ccccc1. The van der Waals surface area contributed by atoms with Gasteiger partial charge in [-0.1, -0.05) is 60.7 Å². The van der Waals surface area contributed by atoms with E-state index in [2.05, 4.69) is 52.0 Å². The lowest BCUT2D eigenvalue weighted by Gasteiger charge is -2.24. The molecule has 0 aromatic heterocycles. The minimum absolute atomic E-state index is 0.290. The van der Waals surface area contributed by atoms with Crippen molar-refractivity contribution in [1.29, 1.82) is 0 Å². The molecule has 0 bridgehead atoms. The molecule has 2 aromatic rings. The van der Waals surface area contributed by atoms with Gasteiger partial charge in [0, 0.05) is 0 Å². The number of hydrogen-bond acceptors (Lipinski definition) is 1. The zero-order chi connectivity index (χ0) is 16.0. The summed E-state index contributed by atoms with van der Waals surface area (Å²) in [6.45, 7) is 8.20. The van der Waals surface area contributed by atoms with Crippen LogP contribution in [-0.2, 0) is 4.79 Å². The molecule has 1 nitrogen and oxygen atoms in total. The van der Waals surface area contributed by atoms with Crippen LogP contribution in [0.2, 0.25) is 0 Å². The summed E-state index contributed by atoms with van der Waals surface area (Å²) in [4.78, 5) is 13.1. The van der Waals surface area contributed by atoms with Crippen LogP contribution < -0.4 is 0 Å². The van der Waals surface area contributed by atoms with Gasteiger partial charge in [-0.05, 0) is 50.0 Å². The predicted molar refractivity (Wildman–Crippen MR) is 92.3 cm³/mol. The smallest absolute Gasteiger partial charge is 0.152 e. The van der Waals surface area contributed by atoms with Crippen LogP contribution in [0.4, 0.5) is 0 Å². The molecule has 3 rings (SSSR count). The van der Waals surface area contributed by atoms with Gasteiger partial charge in [0.15, 0.2) is 5.78 Å². The van der Waals surface area contributed by atoms with Crippen molar-refractivity contribution in [2.75, 3.05) is 0 Å². The number of ketones is 1. The lowest BCUT2D eigenvalue weighted by Crippen LogP contribution is -2.30. The first-order valence-corrected chi connectivity index (χ1v) is 7.78. The zero-order valence-electron chi connectivity index (χ0n) is 13.7. The van der Waals surface area contributed by atoms with Crippen molar-refractivity contribution in [2.24, 2.45) is 10.8 Å². The third-order valence-corrected chi connectivity index (χ3v) is 4.76. The number of rotatable bonds is 2. The number of carbonyl (C=O) groups is 1. The molecule has 0 aliphatic heterocycles. The minimum atomic E-state index is -0.476. The summed E-state index contributed by atoms with van der Waals surface area (Å²) in [7, 11) is 0. The van der Waals surface area contributed by atoms with E-state index >= 15 is 0 Å². The van der Waals surface area contributed by atoms with Crippen molar-refractivity contribution < 1.29 is 4.79 Å². The molecule has 0 saturated carbocycles. The van der Waals surface area contributed by atoms with Gasteiger partial charge >= 0.3 is 0 Å². The van der Waals surface area contributed by atoms with E-state index in [-0.39, 0.29) is 5.78 Å². The van der Waals surface area contributed by atoms with Crippen molar-refractivity contribution in [3.05, 3.63) is 71.8 Å². The molecule has 0 atom stereocenters. The molecule has 0 spiro atoms. The van der Waals surface area contributed by atoms with Gasteiger partial charge in [-0.2, -0.15) is 0 Å². The second-order valence-corrected chi connectivity index (χ2v) is 7.06. The van der Waals surface area contributed by atoms with Crippen LogP contribution in [0.1, 0.15) is 38.8 Å². The van der Waals surface area contributed by atoms with Crippen molar-refractivity contribution in [2.45, 2.75) is 27.7 Å². The molecule has 0 radical (unpaired) electrons. The van der Waals surface area contributed by atoms with Crippen LogP contribution in [0.5, 0.6) is 0 Å². The standard InChI is InChI=1S/C21H22O/c1-20(2)17(15-11-7-5-8-12-15)18(21(3,4)19(20)22)16-13-9-6-10-14-16/h5-14H,1-4H3. The number of allylic oxidation sites excluding steroid dienone is 2. The van der Waals surface area contributed by atoms with Crippen molar-refractivity contribution >= 4 is 16.9 Å². The average Bonchev–Trinajstić information content (AvgIpc) is 2.66. The molecule has 0 heterocycles. The monoisotopic (exact) mass is 290 g/mol. The molecule has 112 valence electrons. The molecule has 1 aliphatic rings. The maximum absolute atomic E-state index is 13.1. The number of Topliss-reactive ketones (excluding diaryl/α,β-unsaturated/α-hetero) is 1.